The van der Waals surface area contributed by atoms with Crippen molar-refractivity contribution < 1.29 is 14.3 Å². The van der Waals surface area contributed by atoms with E-state index in [4.69, 9.17) is 9.47 Å². The summed E-state index contributed by atoms with van der Waals surface area (Å²) in [6.45, 7) is 9.73. The number of rotatable bonds is 7. The number of amides is 1. The molecular weight excluding hydrogens is 412 g/mol. The molecule has 1 saturated heterocycles. The molecule has 0 spiro atoms. The van der Waals surface area contributed by atoms with Crippen LogP contribution in [0.25, 0.3) is 0 Å². The van der Waals surface area contributed by atoms with Crippen LogP contribution in [0.3, 0.4) is 0 Å². The third kappa shape index (κ3) is 4.59. The van der Waals surface area contributed by atoms with Gasteiger partial charge in [0.25, 0.3) is 0 Å². The van der Waals surface area contributed by atoms with E-state index in [9.17, 15) is 4.79 Å². The lowest BCUT2D eigenvalue weighted by atomic mass is 10.00. The van der Waals surface area contributed by atoms with Gasteiger partial charge in [-0.15, -0.1) is 16.8 Å². The third-order valence-corrected chi connectivity index (χ3v) is 6.93. The zero-order valence-corrected chi connectivity index (χ0v) is 19.0. The molecule has 0 saturated carbocycles. The maximum Gasteiger partial charge on any atom is 0.236 e. The summed E-state index contributed by atoms with van der Waals surface area (Å²) in [5, 5.41) is 9.25. The molecule has 4 rings (SSSR count). The van der Waals surface area contributed by atoms with E-state index in [1.165, 1.54) is 18.2 Å². The number of para-hydroxylation sites is 2. The lowest BCUT2D eigenvalue weighted by molar-refractivity contribution is -0.134. The molecule has 7 nitrogen and oxygen atoms in total. The molecule has 1 aromatic carbocycles. The molecule has 0 N–H and O–H groups in total. The van der Waals surface area contributed by atoms with Crippen molar-refractivity contribution in [2.24, 2.45) is 0 Å². The Morgan fingerprint density at radius 1 is 1.32 bits per heavy atom. The number of carbonyl (C=O) groups is 1. The number of aromatic nitrogens is 3. The van der Waals surface area contributed by atoms with Crippen molar-refractivity contribution >= 4 is 17.7 Å². The van der Waals surface area contributed by atoms with Crippen molar-refractivity contribution in [3.63, 3.8) is 0 Å². The van der Waals surface area contributed by atoms with Crippen LogP contribution >= 0.6 is 11.8 Å². The largest absolute Gasteiger partial charge is 0.485 e. The number of hydrogen-bond acceptors (Lipinski definition) is 6. The number of likely N-dealkylation sites (tertiary alicyclic amines) is 1. The smallest absolute Gasteiger partial charge is 0.236 e. The fraction of sp³-hybridized carbons (Fsp3) is 0.522. The van der Waals surface area contributed by atoms with Gasteiger partial charge in [-0.05, 0) is 44.7 Å². The Hall–Kier alpha value is -2.48. The highest BCUT2D eigenvalue weighted by Gasteiger charge is 2.32. The highest BCUT2D eigenvalue weighted by atomic mass is 32.2. The maximum atomic E-state index is 13.2. The van der Waals surface area contributed by atoms with Crippen molar-refractivity contribution in [2.45, 2.75) is 68.6 Å². The van der Waals surface area contributed by atoms with Gasteiger partial charge in [0, 0.05) is 19.1 Å². The van der Waals surface area contributed by atoms with Gasteiger partial charge in [0.05, 0.1) is 5.25 Å². The van der Waals surface area contributed by atoms with E-state index >= 15 is 0 Å². The monoisotopic (exact) mass is 442 g/mol. The first-order valence-electron chi connectivity index (χ1n) is 11.0. The SMILES string of the molecule is C=CCn1c(S[C@H](C)C(=O)N2CCCC[C@@H]2CC)nnc1[C@H]1COc2ccccc2O1. The molecule has 2 aliphatic rings. The van der Waals surface area contributed by atoms with Gasteiger partial charge < -0.3 is 14.4 Å². The minimum Gasteiger partial charge on any atom is -0.485 e. The number of nitrogens with zero attached hydrogens (tertiary/aromatic N) is 4. The predicted molar refractivity (Wildman–Crippen MR) is 120 cm³/mol. The number of allylic oxidation sites excluding steroid dienone is 1. The van der Waals surface area contributed by atoms with Gasteiger partial charge in [0.1, 0.15) is 6.61 Å². The summed E-state index contributed by atoms with van der Waals surface area (Å²) in [5.41, 5.74) is 0. The summed E-state index contributed by atoms with van der Waals surface area (Å²) in [5.74, 6) is 2.29. The second-order valence-electron chi connectivity index (χ2n) is 7.95. The van der Waals surface area contributed by atoms with Gasteiger partial charge >= 0.3 is 0 Å². The van der Waals surface area contributed by atoms with Crippen LogP contribution in [-0.4, -0.2) is 50.0 Å². The van der Waals surface area contributed by atoms with Crippen LogP contribution < -0.4 is 9.47 Å². The molecule has 31 heavy (non-hydrogen) atoms. The number of thioether (sulfide) groups is 1. The normalized spacial score (nSPS) is 21.5. The lowest BCUT2D eigenvalue weighted by Gasteiger charge is -2.36. The number of piperidine rings is 1. The topological polar surface area (TPSA) is 69.5 Å². The van der Waals surface area contributed by atoms with E-state index < -0.39 is 0 Å². The highest BCUT2D eigenvalue weighted by molar-refractivity contribution is 8.00. The molecule has 0 unspecified atom stereocenters. The molecule has 3 heterocycles. The summed E-state index contributed by atoms with van der Waals surface area (Å²) < 4.78 is 14.0. The second kappa shape index (κ2) is 9.77. The lowest BCUT2D eigenvalue weighted by Crippen LogP contribution is -2.46. The van der Waals surface area contributed by atoms with Crippen molar-refractivity contribution in [1.29, 1.82) is 0 Å². The van der Waals surface area contributed by atoms with E-state index in [0.717, 1.165) is 31.6 Å². The third-order valence-electron chi connectivity index (χ3n) is 5.87. The van der Waals surface area contributed by atoms with Gasteiger partial charge in [-0.2, -0.15) is 0 Å². The number of benzene rings is 1. The summed E-state index contributed by atoms with van der Waals surface area (Å²) in [4.78, 5) is 15.2. The second-order valence-corrected chi connectivity index (χ2v) is 9.26. The Labute approximate surface area is 187 Å². The van der Waals surface area contributed by atoms with Crippen molar-refractivity contribution in [2.75, 3.05) is 13.2 Å². The van der Waals surface area contributed by atoms with Crippen LogP contribution in [0.4, 0.5) is 0 Å². The highest BCUT2D eigenvalue weighted by Crippen LogP contribution is 2.36. The van der Waals surface area contributed by atoms with Crippen LogP contribution in [0.5, 0.6) is 11.5 Å². The molecule has 8 heteroatoms. The van der Waals surface area contributed by atoms with E-state index in [-0.39, 0.29) is 17.3 Å². The minimum absolute atomic E-state index is 0.178. The fourth-order valence-electron chi connectivity index (χ4n) is 4.23. The first-order valence-corrected chi connectivity index (χ1v) is 11.9. The number of ether oxygens (including phenoxy) is 2. The van der Waals surface area contributed by atoms with Gasteiger partial charge in [-0.3, -0.25) is 9.36 Å². The Morgan fingerprint density at radius 3 is 2.90 bits per heavy atom. The molecule has 166 valence electrons. The summed E-state index contributed by atoms with van der Waals surface area (Å²) in [7, 11) is 0. The Bertz CT molecular complexity index is 931. The van der Waals surface area contributed by atoms with E-state index in [1.807, 2.05) is 35.8 Å². The molecule has 1 amide bonds. The van der Waals surface area contributed by atoms with Crippen LogP contribution in [0.2, 0.25) is 0 Å². The van der Waals surface area contributed by atoms with E-state index in [0.29, 0.717) is 35.9 Å². The molecule has 0 aliphatic carbocycles. The maximum absolute atomic E-state index is 13.2. The molecule has 1 aromatic heterocycles. The van der Waals surface area contributed by atoms with Crippen molar-refractivity contribution in [1.82, 2.24) is 19.7 Å². The predicted octanol–water partition coefficient (Wildman–Crippen LogP) is 4.25. The van der Waals surface area contributed by atoms with Gasteiger partial charge in [-0.25, -0.2) is 0 Å². The standard InChI is InChI=1S/C23H30N4O3S/c1-4-13-27-21(20-15-29-18-11-6-7-12-19(18)30-20)24-25-23(27)31-16(3)22(28)26-14-9-8-10-17(26)5-2/h4,6-7,11-12,16-17,20H,1,5,8-10,13-15H2,2-3H3/t16-,17+,20-/m1/s1. The van der Waals surface area contributed by atoms with E-state index in [2.05, 4.69) is 28.6 Å². The molecule has 0 bridgehead atoms. The summed E-state index contributed by atoms with van der Waals surface area (Å²) in [6.07, 6.45) is 5.81. The molecule has 2 aromatic rings. The van der Waals surface area contributed by atoms with Gasteiger partial charge in [0.2, 0.25) is 5.91 Å². The zero-order valence-electron chi connectivity index (χ0n) is 18.2. The van der Waals surface area contributed by atoms with Crippen LogP contribution in [0, 0.1) is 0 Å². The van der Waals surface area contributed by atoms with Gasteiger partial charge in [-0.1, -0.05) is 36.9 Å². The Balaban J connectivity index is 1.51. The average Bonchev–Trinajstić information content (AvgIpc) is 3.20. The van der Waals surface area contributed by atoms with Crippen molar-refractivity contribution in [3.05, 3.63) is 42.7 Å². The Kier molecular flexibility index (Phi) is 6.85. The molecular formula is C23H30N4O3S. The average molecular weight is 443 g/mol. The Morgan fingerprint density at radius 2 is 2.13 bits per heavy atom. The quantitative estimate of drug-likeness (QED) is 0.472. The number of carbonyl (C=O) groups excluding carboxylic acids is 1. The molecule has 2 aliphatic heterocycles. The molecule has 3 atom stereocenters. The summed E-state index contributed by atoms with van der Waals surface area (Å²) in [6, 6.07) is 7.95. The van der Waals surface area contributed by atoms with Crippen LogP contribution in [-0.2, 0) is 11.3 Å². The first kappa shape index (κ1) is 21.7. The first-order chi connectivity index (χ1) is 15.1. The number of hydrogen-bond donors (Lipinski definition) is 0. The van der Waals surface area contributed by atoms with Crippen LogP contribution in [0.1, 0.15) is 51.5 Å². The van der Waals surface area contributed by atoms with E-state index in [1.54, 1.807) is 6.08 Å². The zero-order chi connectivity index (χ0) is 21.8. The summed E-state index contributed by atoms with van der Waals surface area (Å²) >= 11 is 1.45. The van der Waals surface area contributed by atoms with Crippen molar-refractivity contribution in [3.8, 4) is 11.5 Å². The molecule has 1 fully saturated rings. The fourth-order valence-corrected chi connectivity index (χ4v) is 5.17. The molecule has 0 radical (unpaired) electrons. The van der Waals surface area contributed by atoms with Gasteiger partial charge in [0.15, 0.2) is 28.6 Å². The number of fused-ring (bicyclic) bond motifs is 1. The van der Waals surface area contributed by atoms with Crippen LogP contribution in [0.15, 0.2) is 42.1 Å². The minimum atomic E-state index is -0.366.